The van der Waals surface area contributed by atoms with Crippen molar-refractivity contribution in [3.05, 3.63) is 53.9 Å². The van der Waals surface area contributed by atoms with E-state index in [0.717, 1.165) is 38.5 Å². The summed E-state index contributed by atoms with van der Waals surface area (Å²) >= 11 is 1.72. The molecule has 0 aliphatic carbocycles. The standard InChI is InChI=1S/C31H46FN5O4S/c1-21(34-19-24-5-4-6-28(41-24)22-7-9-25(42-3)10-8-22)17-27(36-30(33)18-32)31(38)37-14-11-23(12-15-37)35-26-13-16-40-20-29(26)39-2/h7-10,17,23-24,26,28-29,34-35H,1,4-6,11-16,18-20H2,2-3H3,(H2,33,36)/b27-17-/t24-,26-,28+,29+/m1/s1. The van der Waals surface area contributed by atoms with Crippen LogP contribution in [0.2, 0.25) is 0 Å². The molecule has 42 heavy (non-hydrogen) atoms. The third-order valence-electron chi connectivity index (χ3n) is 8.16. The maximum Gasteiger partial charge on any atom is 0.272 e. The number of allylic oxidation sites excluding steroid dienone is 1. The number of aliphatic imine (C=N–C) groups is 1. The molecule has 3 heterocycles. The molecule has 0 unspecified atom stereocenters. The second-order valence-corrected chi connectivity index (χ2v) is 12.0. The fourth-order valence-corrected chi connectivity index (χ4v) is 6.16. The van der Waals surface area contributed by atoms with Gasteiger partial charge < -0.3 is 35.5 Å². The van der Waals surface area contributed by atoms with E-state index in [4.69, 9.17) is 19.9 Å². The van der Waals surface area contributed by atoms with Crippen molar-refractivity contribution in [1.82, 2.24) is 15.5 Å². The van der Waals surface area contributed by atoms with Gasteiger partial charge in [-0.3, -0.25) is 4.79 Å². The van der Waals surface area contributed by atoms with Gasteiger partial charge in [0.25, 0.3) is 5.91 Å². The zero-order chi connectivity index (χ0) is 29.9. The second-order valence-electron chi connectivity index (χ2n) is 11.1. The molecule has 11 heteroatoms. The van der Waals surface area contributed by atoms with Crippen molar-refractivity contribution in [2.75, 3.05) is 52.9 Å². The number of nitrogens with one attached hydrogen (secondary N) is 2. The summed E-state index contributed by atoms with van der Waals surface area (Å²) in [7, 11) is 1.71. The number of likely N-dealkylation sites (tertiary alicyclic amines) is 1. The highest BCUT2D eigenvalue weighted by Crippen LogP contribution is 2.32. The number of alkyl halides is 1. The number of carbonyl (C=O) groups excluding carboxylic acids is 1. The van der Waals surface area contributed by atoms with Crippen LogP contribution in [-0.2, 0) is 19.0 Å². The first-order valence-electron chi connectivity index (χ1n) is 14.9. The van der Waals surface area contributed by atoms with Gasteiger partial charge in [0, 0.05) is 56.0 Å². The second kappa shape index (κ2) is 16.4. The predicted octanol–water partition coefficient (Wildman–Crippen LogP) is 3.72. The van der Waals surface area contributed by atoms with Crippen LogP contribution in [0.3, 0.4) is 0 Å². The van der Waals surface area contributed by atoms with Gasteiger partial charge in [0.1, 0.15) is 18.2 Å². The van der Waals surface area contributed by atoms with Gasteiger partial charge in [-0.25, -0.2) is 9.38 Å². The molecule has 0 bridgehead atoms. The number of thioether (sulfide) groups is 1. The molecule has 232 valence electrons. The largest absolute Gasteiger partial charge is 0.385 e. The summed E-state index contributed by atoms with van der Waals surface area (Å²) in [5.74, 6) is -0.522. The van der Waals surface area contributed by atoms with Crippen LogP contribution >= 0.6 is 11.8 Å². The maximum absolute atomic E-state index is 13.5. The lowest BCUT2D eigenvalue weighted by atomic mass is 9.98. The third kappa shape index (κ3) is 9.28. The molecule has 1 aromatic carbocycles. The van der Waals surface area contributed by atoms with Gasteiger partial charge in [-0.2, -0.15) is 0 Å². The Bertz CT molecular complexity index is 1090. The van der Waals surface area contributed by atoms with Gasteiger partial charge in [0.2, 0.25) is 0 Å². The number of piperidine rings is 1. The van der Waals surface area contributed by atoms with E-state index < -0.39 is 6.67 Å². The van der Waals surface area contributed by atoms with E-state index in [9.17, 15) is 9.18 Å². The van der Waals surface area contributed by atoms with Crippen molar-refractivity contribution in [2.24, 2.45) is 10.7 Å². The Morgan fingerprint density at radius 1 is 1.24 bits per heavy atom. The summed E-state index contributed by atoms with van der Waals surface area (Å²) in [5.41, 5.74) is 7.48. The highest BCUT2D eigenvalue weighted by atomic mass is 32.2. The summed E-state index contributed by atoms with van der Waals surface area (Å²) in [6.07, 6.45) is 9.20. The summed E-state index contributed by atoms with van der Waals surface area (Å²) in [6, 6.07) is 9.04. The van der Waals surface area contributed by atoms with Crippen molar-refractivity contribution in [3.8, 4) is 0 Å². The third-order valence-corrected chi connectivity index (χ3v) is 8.91. The minimum atomic E-state index is -0.933. The van der Waals surface area contributed by atoms with Gasteiger partial charge in [-0.15, -0.1) is 11.8 Å². The number of ether oxygens (including phenoxy) is 3. The quantitative estimate of drug-likeness (QED) is 0.109. The Morgan fingerprint density at radius 2 is 2.00 bits per heavy atom. The van der Waals surface area contributed by atoms with Gasteiger partial charge in [-0.1, -0.05) is 18.7 Å². The minimum Gasteiger partial charge on any atom is -0.385 e. The van der Waals surface area contributed by atoms with Gasteiger partial charge in [-0.05, 0) is 68.6 Å². The number of methoxy groups -OCH3 is 1. The zero-order valence-electron chi connectivity index (χ0n) is 24.9. The molecule has 3 aliphatic rings. The van der Waals surface area contributed by atoms with Crippen LogP contribution in [-0.4, -0.2) is 93.8 Å². The average molecular weight is 604 g/mol. The SMILES string of the molecule is C=C(/C=C(\N=C(N)CF)C(=O)N1CCC(N[C@@H]2CCOC[C@@H]2OC)CC1)NC[C@H]1CCC[C@@H](c2ccc(SC)cc2)O1. The van der Waals surface area contributed by atoms with Crippen LogP contribution < -0.4 is 16.4 Å². The molecule has 4 atom stereocenters. The van der Waals surface area contributed by atoms with Gasteiger partial charge in [0.15, 0.2) is 0 Å². The Kier molecular flexibility index (Phi) is 12.7. The first-order chi connectivity index (χ1) is 20.4. The van der Waals surface area contributed by atoms with Crippen molar-refractivity contribution in [1.29, 1.82) is 0 Å². The van der Waals surface area contributed by atoms with E-state index in [-0.39, 0.29) is 47.8 Å². The molecule has 3 saturated heterocycles. The van der Waals surface area contributed by atoms with Gasteiger partial charge in [0.05, 0.1) is 24.9 Å². The Hall–Kier alpha value is -2.44. The molecule has 3 fully saturated rings. The molecule has 4 rings (SSSR count). The van der Waals surface area contributed by atoms with Crippen LogP contribution in [0.25, 0.3) is 0 Å². The summed E-state index contributed by atoms with van der Waals surface area (Å²) in [4.78, 5) is 20.5. The number of nitrogens with zero attached hydrogens (tertiary/aromatic N) is 2. The summed E-state index contributed by atoms with van der Waals surface area (Å²) < 4.78 is 30.7. The van der Waals surface area contributed by atoms with E-state index in [1.54, 1.807) is 29.8 Å². The number of hydrogen-bond acceptors (Lipinski definition) is 8. The number of carbonyl (C=O) groups is 1. The lowest BCUT2D eigenvalue weighted by Gasteiger charge is -2.38. The number of rotatable bonds is 12. The molecule has 0 spiro atoms. The van der Waals surface area contributed by atoms with Crippen LogP contribution in [0.15, 0.2) is 58.2 Å². The first-order valence-corrected chi connectivity index (χ1v) is 16.1. The molecule has 1 aromatic rings. The minimum absolute atomic E-state index is 0.00708. The highest BCUT2D eigenvalue weighted by molar-refractivity contribution is 7.98. The summed E-state index contributed by atoms with van der Waals surface area (Å²) in [6.45, 7) is 6.12. The van der Waals surface area contributed by atoms with E-state index in [1.165, 1.54) is 10.5 Å². The van der Waals surface area contributed by atoms with Crippen LogP contribution in [0, 0.1) is 0 Å². The number of nitrogens with two attached hydrogens (primary N) is 1. The Labute approximate surface area is 253 Å². The Morgan fingerprint density at radius 3 is 2.69 bits per heavy atom. The van der Waals surface area contributed by atoms with Crippen molar-refractivity contribution < 1.29 is 23.4 Å². The maximum atomic E-state index is 13.5. The van der Waals surface area contributed by atoms with Crippen LogP contribution in [0.1, 0.15) is 50.2 Å². The van der Waals surface area contributed by atoms with E-state index in [0.29, 0.717) is 38.5 Å². The number of amides is 1. The molecule has 4 N–H and O–H groups in total. The van der Waals surface area contributed by atoms with Crippen molar-refractivity contribution in [2.45, 2.75) is 73.8 Å². The smallest absolute Gasteiger partial charge is 0.272 e. The molecular weight excluding hydrogens is 557 g/mol. The molecule has 0 radical (unpaired) electrons. The van der Waals surface area contributed by atoms with E-state index in [1.807, 2.05) is 0 Å². The average Bonchev–Trinajstić information content (AvgIpc) is 3.04. The number of halogens is 1. The van der Waals surface area contributed by atoms with Crippen molar-refractivity contribution in [3.63, 3.8) is 0 Å². The fraction of sp³-hybridized carbons (Fsp3) is 0.613. The lowest BCUT2D eigenvalue weighted by molar-refractivity contribution is -0.128. The van der Waals surface area contributed by atoms with Gasteiger partial charge >= 0.3 is 0 Å². The Balaban J connectivity index is 1.31. The van der Waals surface area contributed by atoms with E-state index >= 15 is 0 Å². The first kappa shape index (κ1) is 32.5. The molecular formula is C31H46FN5O4S. The topological polar surface area (TPSA) is 110 Å². The summed E-state index contributed by atoms with van der Waals surface area (Å²) in [5, 5.41) is 6.97. The molecule has 0 saturated carbocycles. The van der Waals surface area contributed by atoms with Crippen LogP contribution in [0.4, 0.5) is 4.39 Å². The molecule has 9 nitrogen and oxygen atoms in total. The molecule has 1 amide bonds. The highest BCUT2D eigenvalue weighted by Gasteiger charge is 2.31. The molecule has 0 aromatic heterocycles. The van der Waals surface area contributed by atoms with Crippen LogP contribution in [0.5, 0.6) is 0 Å². The fourth-order valence-electron chi connectivity index (χ4n) is 5.75. The molecule has 3 aliphatic heterocycles. The van der Waals surface area contributed by atoms with E-state index in [2.05, 4.69) is 52.7 Å². The predicted molar refractivity (Wildman–Crippen MR) is 165 cm³/mol. The zero-order valence-corrected chi connectivity index (χ0v) is 25.7. The number of benzene rings is 1. The lowest BCUT2D eigenvalue weighted by Crippen LogP contribution is -2.54. The number of hydrogen-bond donors (Lipinski definition) is 3. The van der Waals surface area contributed by atoms with Crippen molar-refractivity contribution >= 4 is 23.5 Å². The normalized spacial score (nSPS) is 26.2. The monoisotopic (exact) mass is 603 g/mol. The number of amidine groups is 1.